The van der Waals surface area contributed by atoms with E-state index < -0.39 is 0 Å². The van der Waals surface area contributed by atoms with E-state index in [9.17, 15) is 5.11 Å². The van der Waals surface area contributed by atoms with Crippen molar-refractivity contribution in [1.82, 2.24) is 4.90 Å². The maximum atomic E-state index is 9.80. The summed E-state index contributed by atoms with van der Waals surface area (Å²) in [6.45, 7) is 3.14. The van der Waals surface area contributed by atoms with Gasteiger partial charge in [-0.2, -0.15) is 0 Å². The van der Waals surface area contributed by atoms with Crippen molar-refractivity contribution in [2.24, 2.45) is 0 Å². The molecule has 1 aliphatic carbocycles. The first-order valence-corrected chi connectivity index (χ1v) is 9.61. The van der Waals surface area contributed by atoms with Crippen LogP contribution >= 0.6 is 0 Å². The molecule has 0 amide bonds. The second-order valence-corrected chi connectivity index (χ2v) is 7.63. The summed E-state index contributed by atoms with van der Waals surface area (Å²) in [7, 11) is 0. The number of benzene rings is 1. The average molecular weight is 327 g/mol. The molecule has 1 aromatic carbocycles. The predicted molar refractivity (Wildman–Crippen MR) is 96.8 cm³/mol. The molecule has 0 radical (unpaired) electrons. The van der Waals surface area contributed by atoms with Crippen LogP contribution < -0.4 is 0 Å². The minimum atomic E-state index is -0.216. The lowest BCUT2D eigenvalue weighted by Crippen LogP contribution is -2.43. The molecule has 1 N–H and O–H groups in total. The molecule has 3 heteroatoms. The van der Waals surface area contributed by atoms with E-state index in [4.69, 9.17) is 4.74 Å². The fraction of sp³-hybridized carbons (Fsp3) is 0.619. The molecular weight excluding hydrogens is 298 g/mol. The molecule has 2 unspecified atom stereocenters. The number of piperidine rings is 1. The first-order chi connectivity index (χ1) is 11.8. The summed E-state index contributed by atoms with van der Waals surface area (Å²) in [6, 6.07) is 9.62. The monoisotopic (exact) mass is 327 g/mol. The van der Waals surface area contributed by atoms with Gasteiger partial charge in [0, 0.05) is 32.2 Å². The zero-order valence-corrected chi connectivity index (χ0v) is 14.5. The van der Waals surface area contributed by atoms with E-state index >= 15 is 0 Å². The largest absolute Gasteiger partial charge is 0.393 e. The van der Waals surface area contributed by atoms with Gasteiger partial charge in [0.1, 0.15) is 0 Å². The van der Waals surface area contributed by atoms with Gasteiger partial charge in [-0.3, -0.25) is 4.90 Å². The summed E-state index contributed by atoms with van der Waals surface area (Å²) in [4.78, 5) is 2.69. The van der Waals surface area contributed by atoms with Crippen LogP contribution in [0.2, 0.25) is 0 Å². The lowest BCUT2D eigenvalue weighted by atomic mass is 9.89. The van der Waals surface area contributed by atoms with Gasteiger partial charge in [0.05, 0.1) is 12.2 Å². The van der Waals surface area contributed by atoms with E-state index in [1.165, 1.54) is 56.3 Å². The van der Waals surface area contributed by atoms with Crippen molar-refractivity contribution in [3.05, 3.63) is 41.0 Å². The minimum absolute atomic E-state index is 0.0566. The molecule has 3 fully saturated rings. The van der Waals surface area contributed by atoms with Crippen LogP contribution in [-0.2, 0) is 4.74 Å². The normalized spacial score (nSPS) is 29.3. The summed E-state index contributed by atoms with van der Waals surface area (Å²) < 4.78 is 5.79. The van der Waals surface area contributed by atoms with Crippen molar-refractivity contribution in [3.8, 4) is 0 Å². The molecule has 130 valence electrons. The van der Waals surface area contributed by atoms with E-state index in [1.54, 1.807) is 5.57 Å². The fourth-order valence-electron chi connectivity index (χ4n) is 4.13. The maximum absolute atomic E-state index is 9.80. The first-order valence-electron chi connectivity index (χ1n) is 9.61. The fourth-order valence-corrected chi connectivity index (χ4v) is 4.13. The second kappa shape index (κ2) is 7.38. The molecule has 0 bridgehead atoms. The van der Waals surface area contributed by atoms with E-state index in [1.807, 2.05) is 0 Å². The van der Waals surface area contributed by atoms with Crippen LogP contribution in [0.5, 0.6) is 0 Å². The number of rotatable bonds is 3. The van der Waals surface area contributed by atoms with Gasteiger partial charge in [0.25, 0.3) is 0 Å². The van der Waals surface area contributed by atoms with Crippen molar-refractivity contribution < 1.29 is 9.84 Å². The number of nitrogens with zero attached hydrogens (tertiary/aromatic N) is 1. The third-order valence-electron chi connectivity index (χ3n) is 5.97. The standard InChI is InChI=1S/C21H29NO2/c23-20-10-13-24-21(15-20)18-6-4-16(5-7-18)14-17-8-11-22(12-9-17)19-2-1-3-19/h4-7,14,19-21,23H,1-3,8-13,15H2. The van der Waals surface area contributed by atoms with Gasteiger partial charge in [-0.25, -0.2) is 0 Å². The SMILES string of the molecule is OC1CCOC(c2ccc(C=C3CCN(C4CCC4)CC3)cc2)C1. The third kappa shape index (κ3) is 3.74. The van der Waals surface area contributed by atoms with Crippen LogP contribution in [0.3, 0.4) is 0 Å². The topological polar surface area (TPSA) is 32.7 Å². The molecule has 3 aliphatic rings. The third-order valence-corrected chi connectivity index (χ3v) is 5.97. The highest BCUT2D eigenvalue weighted by atomic mass is 16.5. The number of aliphatic hydroxyl groups excluding tert-OH is 1. The van der Waals surface area contributed by atoms with Crippen LogP contribution in [0.4, 0.5) is 0 Å². The van der Waals surface area contributed by atoms with Crippen molar-refractivity contribution >= 4 is 6.08 Å². The van der Waals surface area contributed by atoms with E-state index in [0.29, 0.717) is 6.61 Å². The van der Waals surface area contributed by atoms with Crippen LogP contribution in [0, 0.1) is 0 Å². The quantitative estimate of drug-likeness (QED) is 0.913. The maximum Gasteiger partial charge on any atom is 0.0849 e. The van der Waals surface area contributed by atoms with Crippen LogP contribution in [0.15, 0.2) is 29.8 Å². The molecule has 2 saturated heterocycles. The Kier molecular flexibility index (Phi) is 5.02. The molecular formula is C21H29NO2. The Balaban J connectivity index is 1.35. The molecule has 4 rings (SSSR count). The highest BCUT2D eigenvalue weighted by molar-refractivity contribution is 5.53. The highest BCUT2D eigenvalue weighted by Gasteiger charge is 2.26. The molecule has 1 aromatic rings. The van der Waals surface area contributed by atoms with Crippen molar-refractivity contribution in [1.29, 1.82) is 0 Å². The lowest BCUT2D eigenvalue weighted by Gasteiger charge is -2.40. The first kappa shape index (κ1) is 16.3. The van der Waals surface area contributed by atoms with Gasteiger partial charge >= 0.3 is 0 Å². The molecule has 2 atom stereocenters. The van der Waals surface area contributed by atoms with Crippen molar-refractivity contribution in [2.45, 2.75) is 63.2 Å². The zero-order valence-electron chi connectivity index (χ0n) is 14.5. The summed E-state index contributed by atoms with van der Waals surface area (Å²) in [5.74, 6) is 0. The Hall–Kier alpha value is -1.16. The lowest BCUT2D eigenvalue weighted by molar-refractivity contribution is -0.0447. The van der Waals surface area contributed by atoms with Gasteiger partial charge in [0.15, 0.2) is 0 Å². The number of hydrogen-bond donors (Lipinski definition) is 1. The Morgan fingerprint density at radius 3 is 2.42 bits per heavy atom. The van der Waals surface area contributed by atoms with E-state index in [2.05, 4.69) is 35.2 Å². The van der Waals surface area contributed by atoms with Crippen molar-refractivity contribution in [2.75, 3.05) is 19.7 Å². The van der Waals surface area contributed by atoms with Crippen molar-refractivity contribution in [3.63, 3.8) is 0 Å². The second-order valence-electron chi connectivity index (χ2n) is 7.63. The van der Waals surface area contributed by atoms with Gasteiger partial charge in [-0.05, 0) is 43.2 Å². The molecule has 1 saturated carbocycles. The smallest absolute Gasteiger partial charge is 0.0849 e. The van der Waals surface area contributed by atoms with Gasteiger partial charge in [0.2, 0.25) is 0 Å². The number of aliphatic hydroxyl groups is 1. The Morgan fingerprint density at radius 2 is 1.79 bits per heavy atom. The van der Waals surface area contributed by atoms with Crippen LogP contribution in [-0.4, -0.2) is 41.8 Å². The number of likely N-dealkylation sites (tertiary alicyclic amines) is 1. The van der Waals surface area contributed by atoms with E-state index in [0.717, 1.165) is 18.9 Å². The van der Waals surface area contributed by atoms with Gasteiger partial charge in [-0.1, -0.05) is 42.3 Å². The highest BCUT2D eigenvalue weighted by Crippen LogP contribution is 2.30. The molecule has 2 aliphatic heterocycles. The zero-order chi connectivity index (χ0) is 16.4. The molecule has 0 spiro atoms. The Bertz CT molecular complexity index is 566. The number of ether oxygens (including phenoxy) is 1. The molecule has 24 heavy (non-hydrogen) atoms. The summed E-state index contributed by atoms with van der Waals surface area (Å²) >= 11 is 0. The summed E-state index contributed by atoms with van der Waals surface area (Å²) in [5, 5.41) is 9.80. The van der Waals surface area contributed by atoms with Gasteiger partial charge in [-0.15, -0.1) is 0 Å². The minimum Gasteiger partial charge on any atom is -0.393 e. The number of hydrogen-bond acceptors (Lipinski definition) is 3. The molecule has 3 nitrogen and oxygen atoms in total. The Morgan fingerprint density at radius 1 is 1.04 bits per heavy atom. The molecule has 0 aromatic heterocycles. The Labute approximate surface area is 145 Å². The average Bonchev–Trinajstić information content (AvgIpc) is 2.56. The van der Waals surface area contributed by atoms with Gasteiger partial charge < -0.3 is 9.84 Å². The van der Waals surface area contributed by atoms with Crippen LogP contribution in [0.25, 0.3) is 6.08 Å². The molecule has 2 heterocycles. The van der Waals surface area contributed by atoms with E-state index in [-0.39, 0.29) is 12.2 Å². The summed E-state index contributed by atoms with van der Waals surface area (Å²) in [5.41, 5.74) is 4.07. The summed E-state index contributed by atoms with van der Waals surface area (Å²) in [6.07, 6.45) is 10.4. The van der Waals surface area contributed by atoms with Crippen LogP contribution in [0.1, 0.15) is 62.2 Å². The predicted octanol–water partition coefficient (Wildman–Crippen LogP) is 3.93.